The Bertz CT molecular complexity index is 334. The first-order valence-electron chi connectivity index (χ1n) is 4.66. The first-order valence-corrected chi connectivity index (χ1v) is 4.66. The van der Waals surface area contributed by atoms with Gasteiger partial charge >= 0.3 is 5.97 Å². The Morgan fingerprint density at radius 1 is 1.40 bits per heavy atom. The van der Waals surface area contributed by atoms with Gasteiger partial charge in [0.15, 0.2) is 0 Å². The molecule has 0 heterocycles. The van der Waals surface area contributed by atoms with Crippen molar-refractivity contribution >= 4 is 11.7 Å². The molecule has 0 aliphatic carbocycles. The van der Waals surface area contributed by atoms with E-state index >= 15 is 0 Å². The zero-order chi connectivity index (χ0) is 11.4. The van der Waals surface area contributed by atoms with Crippen molar-refractivity contribution in [1.29, 1.82) is 0 Å². The Morgan fingerprint density at radius 2 is 1.93 bits per heavy atom. The van der Waals surface area contributed by atoms with Crippen molar-refractivity contribution in [2.75, 3.05) is 19.1 Å². The SMILES string of the molecule is COc1ccc(N(C)[C@@H](C)C(=O)O)cc1. The van der Waals surface area contributed by atoms with E-state index in [-0.39, 0.29) is 0 Å². The highest BCUT2D eigenvalue weighted by Crippen LogP contribution is 2.19. The standard InChI is InChI=1S/C11H15NO3/c1-8(11(13)14)12(2)9-4-6-10(15-3)7-5-9/h4-8H,1-3H3,(H,13,14)/t8-/m0/s1. The van der Waals surface area contributed by atoms with Crippen LogP contribution >= 0.6 is 0 Å². The van der Waals surface area contributed by atoms with Gasteiger partial charge in [0.25, 0.3) is 0 Å². The molecule has 0 aliphatic rings. The summed E-state index contributed by atoms with van der Waals surface area (Å²) in [6, 6.07) is 6.73. The summed E-state index contributed by atoms with van der Waals surface area (Å²) in [5.74, 6) is -0.0801. The first kappa shape index (κ1) is 11.4. The van der Waals surface area contributed by atoms with Crippen LogP contribution in [0.1, 0.15) is 6.92 Å². The second kappa shape index (κ2) is 4.68. The van der Waals surface area contributed by atoms with Crippen molar-refractivity contribution in [1.82, 2.24) is 0 Å². The van der Waals surface area contributed by atoms with Gasteiger partial charge in [0.05, 0.1) is 7.11 Å². The lowest BCUT2D eigenvalue weighted by Gasteiger charge is -2.23. The van der Waals surface area contributed by atoms with Gasteiger partial charge in [0.1, 0.15) is 11.8 Å². The summed E-state index contributed by atoms with van der Waals surface area (Å²) >= 11 is 0. The molecular formula is C11H15NO3. The van der Waals surface area contributed by atoms with Gasteiger partial charge in [-0.3, -0.25) is 0 Å². The van der Waals surface area contributed by atoms with E-state index in [0.29, 0.717) is 0 Å². The van der Waals surface area contributed by atoms with Gasteiger partial charge in [-0.05, 0) is 31.2 Å². The summed E-state index contributed by atoms with van der Waals surface area (Å²) in [6.45, 7) is 1.65. The number of hydrogen-bond acceptors (Lipinski definition) is 3. The molecule has 4 nitrogen and oxygen atoms in total. The van der Waals surface area contributed by atoms with Crippen LogP contribution in [0.2, 0.25) is 0 Å². The predicted octanol–water partition coefficient (Wildman–Crippen LogP) is 1.60. The van der Waals surface area contributed by atoms with E-state index in [9.17, 15) is 4.79 Å². The Morgan fingerprint density at radius 3 is 2.33 bits per heavy atom. The van der Waals surface area contributed by atoms with Crippen LogP contribution in [0.5, 0.6) is 5.75 Å². The molecule has 0 saturated heterocycles. The number of likely N-dealkylation sites (N-methyl/N-ethyl adjacent to an activating group) is 1. The highest BCUT2D eigenvalue weighted by molar-refractivity contribution is 5.77. The van der Waals surface area contributed by atoms with Gasteiger partial charge in [-0.15, -0.1) is 0 Å². The summed E-state index contributed by atoms with van der Waals surface area (Å²) < 4.78 is 5.02. The second-order valence-corrected chi connectivity index (χ2v) is 3.32. The largest absolute Gasteiger partial charge is 0.497 e. The van der Waals surface area contributed by atoms with Gasteiger partial charge in [-0.2, -0.15) is 0 Å². The molecule has 0 unspecified atom stereocenters. The van der Waals surface area contributed by atoms with E-state index in [0.717, 1.165) is 11.4 Å². The lowest BCUT2D eigenvalue weighted by atomic mass is 10.2. The van der Waals surface area contributed by atoms with Gasteiger partial charge in [0.2, 0.25) is 0 Å². The highest BCUT2D eigenvalue weighted by Gasteiger charge is 2.16. The quantitative estimate of drug-likeness (QED) is 0.818. The summed E-state index contributed by atoms with van der Waals surface area (Å²) in [5.41, 5.74) is 0.853. The zero-order valence-corrected chi connectivity index (χ0v) is 9.10. The van der Waals surface area contributed by atoms with Crippen LogP contribution in [0.3, 0.4) is 0 Å². The molecule has 1 N–H and O–H groups in total. The monoisotopic (exact) mass is 209 g/mol. The van der Waals surface area contributed by atoms with Crippen LogP contribution in [0.15, 0.2) is 24.3 Å². The van der Waals surface area contributed by atoms with Crippen LogP contribution in [0, 0.1) is 0 Å². The Balaban J connectivity index is 2.82. The number of anilines is 1. The van der Waals surface area contributed by atoms with Crippen LogP contribution in [0.25, 0.3) is 0 Å². The van der Waals surface area contributed by atoms with E-state index in [2.05, 4.69) is 0 Å². The van der Waals surface area contributed by atoms with Gasteiger partial charge < -0.3 is 14.7 Å². The van der Waals surface area contributed by atoms with Crippen LogP contribution in [0.4, 0.5) is 5.69 Å². The van der Waals surface area contributed by atoms with Crippen LogP contribution in [-0.4, -0.2) is 31.3 Å². The van der Waals surface area contributed by atoms with Crippen molar-refractivity contribution < 1.29 is 14.6 Å². The third-order valence-electron chi connectivity index (χ3n) is 2.42. The summed E-state index contributed by atoms with van der Waals surface area (Å²) in [7, 11) is 3.35. The minimum Gasteiger partial charge on any atom is -0.497 e. The van der Waals surface area contributed by atoms with Crippen molar-refractivity contribution in [3.05, 3.63) is 24.3 Å². The molecule has 15 heavy (non-hydrogen) atoms. The number of methoxy groups -OCH3 is 1. The highest BCUT2D eigenvalue weighted by atomic mass is 16.5. The third kappa shape index (κ3) is 2.62. The number of carboxylic acid groups (broad SMARTS) is 1. The van der Waals surface area contributed by atoms with E-state index in [1.54, 1.807) is 38.1 Å². The van der Waals surface area contributed by atoms with E-state index in [4.69, 9.17) is 9.84 Å². The Kier molecular flexibility index (Phi) is 3.55. The van der Waals surface area contributed by atoms with E-state index in [1.165, 1.54) is 0 Å². The van der Waals surface area contributed by atoms with Gasteiger partial charge in [0, 0.05) is 12.7 Å². The normalized spacial score (nSPS) is 11.9. The summed E-state index contributed by atoms with van der Waals surface area (Å²) in [6.07, 6.45) is 0. The molecule has 0 aromatic heterocycles. The number of benzene rings is 1. The maximum atomic E-state index is 10.8. The Labute approximate surface area is 89.1 Å². The zero-order valence-electron chi connectivity index (χ0n) is 9.10. The maximum Gasteiger partial charge on any atom is 0.326 e. The maximum absolute atomic E-state index is 10.8. The fraction of sp³-hybridized carbons (Fsp3) is 0.364. The van der Waals surface area contributed by atoms with Crippen molar-refractivity contribution in [3.63, 3.8) is 0 Å². The number of ether oxygens (including phenoxy) is 1. The molecule has 1 atom stereocenters. The number of carboxylic acids is 1. The van der Waals surface area contributed by atoms with Crippen molar-refractivity contribution in [2.45, 2.75) is 13.0 Å². The number of nitrogens with zero attached hydrogens (tertiary/aromatic N) is 1. The molecule has 4 heteroatoms. The molecule has 1 aromatic carbocycles. The van der Waals surface area contributed by atoms with Crippen LogP contribution < -0.4 is 9.64 Å². The molecular weight excluding hydrogens is 194 g/mol. The minimum absolute atomic E-state index is 0.543. The third-order valence-corrected chi connectivity index (χ3v) is 2.42. The van der Waals surface area contributed by atoms with Crippen molar-refractivity contribution in [3.8, 4) is 5.75 Å². The molecule has 82 valence electrons. The second-order valence-electron chi connectivity index (χ2n) is 3.32. The average molecular weight is 209 g/mol. The lowest BCUT2D eigenvalue weighted by Crippen LogP contribution is -2.35. The van der Waals surface area contributed by atoms with E-state index in [1.807, 2.05) is 12.1 Å². The molecule has 0 fully saturated rings. The number of hydrogen-bond donors (Lipinski definition) is 1. The minimum atomic E-state index is -0.840. The number of carbonyl (C=O) groups is 1. The first-order chi connectivity index (χ1) is 7.06. The summed E-state index contributed by atoms with van der Waals surface area (Å²) in [5, 5.41) is 8.85. The molecule has 0 aliphatic heterocycles. The molecule has 0 spiro atoms. The lowest BCUT2D eigenvalue weighted by molar-refractivity contribution is -0.138. The fourth-order valence-electron chi connectivity index (χ4n) is 1.21. The van der Waals surface area contributed by atoms with Gasteiger partial charge in [-0.25, -0.2) is 4.79 Å². The predicted molar refractivity (Wildman–Crippen MR) is 58.5 cm³/mol. The smallest absolute Gasteiger partial charge is 0.326 e. The molecule has 0 amide bonds. The molecule has 1 aromatic rings. The van der Waals surface area contributed by atoms with Crippen LogP contribution in [-0.2, 0) is 4.79 Å². The van der Waals surface area contributed by atoms with Crippen molar-refractivity contribution in [2.24, 2.45) is 0 Å². The fourth-order valence-corrected chi connectivity index (χ4v) is 1.21. The molecule has 1 rings (SSSR count). The average Bonchev–Trinajstić information content (AvgIpc) is 2.27. The summed E-state index contributed by atoms with van der Waals surface area (Å²) in [4.78, 5) is 12.5. The topological polar surface area (TPSA) is 49.8 Å². The molecule has 0 saturated carbocycles. The van der Waals surface area contributed by atoms with Gasteiger partial charge in [-0.1, -0.05) is 0 Å². The number of rotatable bonds is 4. The molecule has 0 radical (unpaired) electrons. The van der Waals surface area contributed by atoms with E-state index < -0.39 is 12.0 Å². The Hall–Kier alpha value is -1.71. The molecule has 0 bridgehead atoms. The number of aliphatic carboxylic acids is 1.